The molecule has 1 aromatic carbocycles. The molecule has 3 heterocycles. The highest BCUT2D eigenvalue weighted by Gasteiger charge is 2.25. The Bertz CT molecular complexity index is 1170. The van der Waals surface area contributed by atoms with Crippen LogP contribution in [0.15, 0.2) is 57.1 Å². The van der Waals surface area contributed by atoms with Crippen molar-refractivity contribution in [3.63, 3.8) is 0 Å². The van der Waals surface area contributed by atoms with Crippen molar-refractivity contribution in [2.45, 2.75) is 13.5 Å². The lowest BCUT2D eigenvalue weighted by atomic mass is 10.2. The highest BCUT2D eigenvalue weighted by atomic mass is 32.2. The van der Waals surface area contributed by atoms with Gasteiger partial charge in [-0.2, -0.15) is 4.98 Å². The number of esters is 1. The minimum Gasteiger partial charge on any atom is -0.493 e. The van der Waals surface area contributed by atoms with Crippen LogP contribution in [0.1, 0.15) is 12.8 Å². The molecule has 30 heavy (non-hydrogen) atoms. The first-order valence-electron chi connectivity index (χ1n) is 9.16. The Balaban J connectivity index is 1.41. The smallest absolute Gasteiger partial charge is 0.340 e. The Labute approximate surface area is 172 Å². The van der Waals surface area contributed by atoms with Crippen molar-refractivity contribution in [1.29, 1.82) is 0 Å². The number of sulfonamides is 1. The van der Waals surface area contributed by atoms with Gasteiger partial charge in [0.1, 0.15) is 11.6 Å². The largest absolute Gasteiger partial charge is 0.493 e. The molecule has 2 aliphatic rings. The number of ether oxygens (including phenoxy) is 2. The molecule has 0 fully saturated rings. The van der Waals surface area contributed by atoms with Gasteiger partial charge in [0.2, 0.25) is 5.82 Å². The van der Waals surface area contributed by atoms with Crippen LogP contribution in [0.25, 0.3) is 11.4 Å². The third-order valence-corrected chi connectivity index (χ3v) is 5.45. The lowest BCUT2D eigenvalue weighted by Crippen LogP contribution is -2.37. The van der Waals surface area contributed by atoms with E-state index in [1.54, 1.807) is 17.0 Å². The molecule has 2 aliphatic heterocycles. The molecule has 0 spiro atoms. The predicted octanol–water partition coefficient (Wildman–Crippen LogP) is 1.68. The van der Waals surface area contributed by atoms with Gasteiger partial charge in [0, 0.05) is 12.7 Å². The van der Waals surface area contributed by atoms with E-state index in [9.17, 15) is 13.2 Å². The van der Waals surface area contributed by atoms with Gasteiger partial charge in [-0.25, -0.2) is 13.2 Å². The fraction of sp³-hybridized carbons (Fsp3) is 0.263. The van der Waals surface area contributed by atoms with E-state index in [-0.39, 0.29) is 36.2 Å². The summed E-state index contributed by atoms with van der Waals surface area (Å²) < 4.78 is 42.7. The second kappa shape index (κ2) is 8.11. The van der Waals surface area contributed by atoms with Crippen molar-refractivity contribution in [3.05, 3.63) is 54.1 Å². The van der Waals surface area contributed by atoms with Crippen molar-refractivity contribution >= 4 is 21.8 Å². The van der Waals surface area contributed by atoms with E-state index in [4.69, 9.17) is 14.0 Å². The molecule has 0 radical (unpaired) electrons. The van der Waals surface area contributed by atoms with E-state index >= 15 is 0 Å². The topological polar surface area (TPSA) is 124 Å². The molecule has 0 amide bonds. The summed E-state index contributed by atoms with van der Waals surface area (Å²) in [5.74, 6) is 0.647. The van der Waals surface area contributed by atoms with Crippen LogP contribution in [-0.4, -0.2) is 54.2 Å². The third kappa shape index (κ3) is 4.25. The molecule has 4 rings (SSSR count). The third-order valence-electron chi connectivity index (χ3n) is 4.28. The Morgan fingerprint density at radius 2 is 2.10 bits per heavy atom. The number of fused-ring (bicyclic) bond motifs is 1. The lowest BCUT2D eigenvalue weighted by Gasteiger charge is -2.26. The van der Waals surface area contributed by atoms with Gasteiger partial charge in [0.15, 0.2) is 6.61 Å². The molecular weight excluding hydrogens is 412 g/mol. The van der Waals surface area contributed by atoms with Crippen molar-refractivity contribution in [2.75, 3.05) is 18.9 Å². The van der Waals surface area contributed by atoms with Crippen LogP contribution in [0.3, 0.4) is 0 Å². The second-order valence-corrected chi connectivity index (χ2v) is 8.12. The molecule has 0 atom stereocenters. The van der Waals surface area contributed by atoms with Crippen LogP contribution < -0.4 is 4.74 Å². The summed E-state index contributed by atoms with van der Waals surface area (Å²) in [4.78, 5) is 18.2. The fourth-order valence-electron chi connectivity index (χ4n) is 2.89. The highest BCUT2D eigenvalue weighted by molar-refractivity contribution is 7.90. The Morgan fingerprint density at radius 3 is 2.93 bits per heavy atom. The van der Waals surface area contributed by atoms with Crippen LogP contribution in [0.4, 0.5) is 0 Å². The first-order chi connectivity index (χ1) is 14.4. The number of hydrogen-bond acceptors (Lipinski definition) is 9. The van der Waals surface area contributed by atoms with Gasteiger partial charge < -0.3 is 18.9 Å². The van der Waals surface area contributed by atoms with E-state index in [1.807, 2.05) is 19.1 Å². The molecule has 10 nitrogen and oxygen atoms in total. The van der Waals surface area contributed by atoms with Crippen LogP contribution in [-0.2, 0) is 26.2 Å². The average Bonchev–Trinajstić information content (AvgIpc) is 3.20. The molecule has 2 aromatic rings. The van der Waals surface area contributed by atoms with Crippen molar-refractivity contribution in [2.24, 2.45) is 4.40 Å². The summed E-state index contributed by atoms with van der Waals surface area (Å²) in [6.45, 7) is 2.39. The van der Waals surface area contributed by atoms with Crippen LogP contribution in [0.5, 0.6) is 5.75 Å². The number of hydrogen-bond donors (Lipinski definition) is 0. The van der Waals surface area contributed by atoms with Gasteiger partial charge in [-0.1, -0.05) is 17.3 Å². The quantitative estimate of drug-likeness (QED) is 0.629. The summed E-state index contributed by atoms with van der Waals surface area (Å²) in [6, 6.07) is 7.29. The molecule has 0 aliphatic carbocycles. The summed E-state index contributed by atoms with van der Waals surface area (Å²) >= 11 is 0. The van der Waals surface area contributed by atoms with Gasteiger partial charge in [-0.05, 0) is 31.2 Å². The van der Waals surface area contributed by atoms with E-state index in [1.165, 1.54) is 18.4 Å². The zero-order valence-electron chi connectivity index (χ0n) is 16.0. The van der Waals surface area contributed by atoms with E-state index in [0.29, 0.717) is 23.7 Å². The second-order valence-electron chi connectivity index (χ2n) is 6.36. The molecule has 1 aromatic heterocycles. The zero-order valence-corrected chi connectivity index (χ0v) is 16.8. The van der Waals surface area contributed by atoms with Crippen LogP contribution >= 0.6 is 0 Å². The van der Waals surface area contributed by atoms with Crippen molar-refractivity contribution < 1.29 is 27.2 Å². The number of carbonyl (C=O) groups is 1. The number of nitrogens with zero attached hydrogens (tertiary/aromatic N) is 4. The van der Waals surface area contributed by atoms with Gasteiger partial charge in [-0.3, -0.25) is 0 Å². The number of aromatic nitrogens is 2. The highest BCUT2D eigenvalue weighted by Crippen LogP contribution is 2.27. The van der Waals surface area contributed by atoms with Gasteiger partial charge in [0.05, 0.1) is 23.5 Å². The zero-order chi connectivity index (χ0) is 21.1. The summed E-state index contributed by atoms with van der Waals surface area (Å²) in [6.07, 6.45) is 4.42. The SMILES string of the molecule is CCOc1ccccc1-c1noc(COC(=O)C2=CN3CCS(=O)(=O)N=C3C=C2)n1. The fourth-order valence-corrected chi connectivity index (χ4v) is 3.86. The van der Waals surface area contributed by atoms with E-state index < -0.39 is 16.0 Å². The molecule has 0 unspecified atom stereocenters. The van der Waals surface area contributed by atoms with Crippen molar-refractivity contribution in [1.82, 2.24) is 15.0 Å². The van der Waals surface area contributed by atoms with E-state index in [0.717, 1.165) is 0 Å². The number of carbonyl (C=O) groups excluding carboxylic acids is 1. The minimum atomic E-state index is -3.45. The average molecular weight is 430 g/mol. The number of amidine groups is 1. The molecule has 11 heteroatoms. The monoisotopic (exact) mass is 430 g/mol. The molecule has 0 saturated carbocycles. The molecule has 156 valence electrons. The number of benzene rings is 1. The summed E-state index contributed by atoms with van der Waals surface area (Å²) in [7, 11) is -3.45. The predicted molar refractivity (Wildman–Crippen MR) is 106 cm³/mol. The molecule has 0 saturated heterocycles. The van der Waals surface area contributed by atoms with E-state index in [2.05, 4.69) is 14.5 Å². The summed E-state index contributed by atoms with van der Waals surface area (Å²) in [5.41, 5.74) is 0.931. The normalized spacial score (nSPS) is 17.0. The Morgan fingerprint density at radius 1 is 1.27 bits per heavy atom. The number of rotatable bonds is 6. The van der Waals surface area contributed by atoms with Gasteiger partial charge >= 0.3 is 5.97 Å². The standard InChI is InChI=1S/C19H18N4O6S/c1-2-27-15-6-4-3-5-14(15)18-20-17(29-21-18)12-28-19(24)13-7-8-16-22-30(25,26)10-9-23(16)11-13/h3-8,11H,2,9-10,12H2,1H3. The summed E-state index contributed by atoms with van der Waals surface area (Å²) in [5, 5.41) is 3.92. The number of para-hydroxylation sites is 1. The maximum Gasteiger partial charge on any atom is 0.340 e. The maximum absolute atomic E-state index is 12.4. The van der Waals surface area contributed by atoms with Crippen molar-refractivity contribution in [3.8, 4) is 17.1 Å². The molecule has 0 bridgehead atoms. The Hall–Kier alpha value is -3.47. The molecular formula is C19H18N4O6S. The first kappa shape index (κ1) is 19.8. The van der Waals surface area contributed by atoms with Crippen LogP contribution in [0, 0.1) is 0 Å². The minimum absolute atomic E-state index is 0.114. The Kier molecular flexibility index (Phi) is 5.36. The van der Waals surface area contributed by atoms with Gasteiger partial charge in [0.25, 0.3) is 15.9 Å². The maximum atomic E-state index is 12.4. The van der Waals surface area contributed by atoms with Gasteiger partial charge in [-0.15, -0.1) is 4.40 Å². The first-order valence-corrected chi connectivity index (χ1v) is 10.8. The molecule has 0 N–H and O–H groups in total. The lowest BCUT2D eigenvalue weighted by molar-refractivity contribution is -0.140. The van der Waals surface area contributed by atoms with Crippen LogP contribution in [0.2, 0.25) is 0 Å².